The predicted octanol–water partition coefficient (Wildman–Crippen LogP) is 3.49. The standard InChI is InChI=1S/C26H37N3O5S/c1-6-8-17-27-26(31)24(7-2)28(18-21-11-15-23(34-4)16-12-21)25(30)19-29(35(5,32)33)22-13-9-20(3)10-14-22/h9-16,24H,6-8,17-19H2,1-5H3,(H,27,31)/t24-/m0/s1. The Bertz CT molecular complexity index is 1070. The number of benzene rings is 2. The first-order valence-corrected chi connectivity index (χ1v) is 13.7. The van der Waals surface area contributed by atoms with Gasteiger partial charge in [0.2, 0.25) is 21.8 Å². The molecule has 2 rings (SSSR count). The summed E-state index contributed by atoms with van der Waals surface area (Å²) in [7, 11) is -2.17. The molecule has 0 saturated heterocycles. The summed E-state index contributed by atoms with van der Waals surface area (Å²) in [6, 6.07) is 13.4. The first-order chi connectivity index (χ1) is 16.6. The molecule has 0 heterocycles. The summed E-state index contributed by atoms with van der Waals surface area (Å²) in [5, 5.41) is 2.91. The minimum Gasteiger partial charge on any atom is -0.497 e. The van der Waals surface area contributed by atoms with Gasteiger partial charge < -0.3 is 15.0 Å². The molecule has 1 atom stereocenters. The summed E-state index contributed by atoms with van der Waals surface area (Å²) < 4.78 is 31.5. The van der Waals surface area contributed by atoms with Crippen LogP contribution in [0, 0.1) is 6.92 Å². The number of nitrogens with zero attached hydrogens (tertiary/aromatic N) is 2. The van der Waals surface area contributed by atoms with Crippen molar-refractivity contribution in [1.29, 1.82) is 0 Å². The zero-order valence-electron chi connectivity index (χ0n) is 21.3. The van der Waals surface area contributed by atoms with Crippen LogP contribution in [0.25, 0.3) is 0 Å². The van der Waals surface area contributed by atoms with Crippen LogP contribution in [0.3, 0.4) is 0 Å². The third-order valence-electron chi connectivity index (χ3n) is 5.73. The number of aryl methyl sites for hydroxylation is 1. The second kappa shape index (κ2) is 13.1. The van der Waals surface area contributed by atoms with Crippen LogP contribution in [0.1, 0.15) is 44.2 Å². The summed E-state index contributed by atoms with van der Waals surface area (Å²) in [6.45, 7) is 6.06. The number of methoxy groups -OCH3 is 1. The monoisotopic (exact) mass is 503 g/mol. The van der Waals surface area contributed by atoms with Gasteiger partial charge in [-0.15, -0.1) is 0 Å². The van der Waals surface area contributed by atoms with E-state index in [4.69, 9.17) is 4.74 Å². The molecular formula is C26H37N3O5S. The average Bonchev–Trinajstić information content (AvgIpc) is 2.83. The molecule has 0 bridgehead atoms. The van der Waals surface area contributed by atoms with Crippen LogP contribution in [-0.4, -0.2) is 57.6 Å². The van der Waals surface area contributed by atoms with Crippen LogP contribution in [0.5, 0.6) is 5.75 Å². The Kier molecular flexibility index (Phi) is 10.6. The van der Waals surface area contributed by atoms with Gasteiger partial charge in [0, 0.05) is 13.1 Å². The summed E-state index contributed by atoms with van der Waals surface area (Å²) >= 11 is 0. The number of nitrogens with one attached hydrogen (secondary N) is 1. The second-order valence-electron chi connectivity index (χ2n) is 8.54. The third-order valence-corrected chi connectivity index (χ3v) is 6.87. The summed E-state index contributed by atoms with van der Waals surface area (Å²) in [5.41, 5.74) is 2.18. The van der Waals surface area contributed by atoms with Gasteiger partial charge in [0.1, 0.15) is 18.3 Å². The first-order valence-electron chi connectivity index (χ1n) is 11.8. The molecule has 0 aliphatic carbocycles. The van der Waals surface area contributed by atoms with Gasteiger partial charge in [-0.05, 0) is 49.6 Å². The normalized spacial score (nSPS) is 12.0. The predicted molar refractivity (Wildman–Crippen MR) is 139 cm³/mol. The van der Waals surface area contributed by atoms with Gasteiger partial charge in [-0.25, -0.2) is 8.42 Å². The molecule has 35 heavy (non-hydrogen) atoms. The molecule has 8 nitrogen and oxygen atoms in total. The highest BCUT2D eigenvalue weighted by molar-refractivity contribution is 7.92. The fourth-order valence-corrected chi connectivity index (χ4v) is 4.53. The van der Waals surface area contributed by atoms with Crippen LogP contribution in [0.15, 0.2) is 48.5 Å². The highest BCUT2D eigenvalue weighted by Crippen LogP contribution is 2.21. The van der Waals surface area contributed by atoms with E-state index in [1.807, 2.05) is 32.9 Å². The van der Waals surface area contributed by atoms with Crippen molar-refractivity contribution < 1.29 is 22.7 Å². The van der Waals surface area contributed by atoms with Crippen molar-refractivity contribution in [1.82, 2.24) is 10.2 Å². The number of carbonyl (C=O) groups is 2. The zero-order chi connectivity index (χ0) is 26.0. The largest absolute Gasteiger partial charge is 0.497 e. The molecule has 0 unspecified atom stereocenters. The van der Waals surface area contributed by atoms with Gasteiger partial charge in [0.05, 0.1) is 19.1 Å². The van der Waals surface area contributed by atoms with Crippen molar-refractivity contribution in [3.63, 3.8) is 0 Å². The van der Waals surface area contributed by atoms with Crippen molar-refractivity contribution in [3.8, 4) is 5.75 Å². The molecule has 0 saturated carbocycles. The summed E-state index contributed by atoms with van der Waals surface area (Å²) in [6.07, 6.45) is 3.24. The lowest BCUT2D eigenvalue weighted by atomic mass is 10.1. The Morgan fingerprint density at radius 1 is 1.03 bits per heavy atom. The summed E-state index contributed by atoms with van der Waals surface area (Å²) in [5.74, 6) is -0.0213. The van der Waals surface area contributed by atoms with Crippen molar-refractivity contribution in [2.75, 3.05) is 30.8 Å². The SMILES string of the molecule is CCCCNC(=O)[C@H](CC)N(Cc1ccc(OC)cc1)C(=O)CN(c1ccc(C)cc1)S(C)(=O)=O. The molecule has 0 fully saturated rings. The Morgan fingerprint density at radius 3 is 2.17 bits per heavy atom. The number of ether oxygens (including phenoxy) is 1. The topological polar surface area (TPSA) is 96.0 Å². The van der Waals surface area contributed by atoms with Gasteiger partial charge in [-0.2, -0.15) is 0 Å². The van der Waals surface area contributed by atoms with Crippen molar-refractivity contribution in [3.05, 3.63) is 59.7 Å². The van der Waals surface area contributed by atoms with Crippen LogP contribution >= 0.6 is 0 Å². The first kappa shape index (κ1) is 28.2. The molecule has 0 spiro atoms. The molecule has 9 heteroatoms. The van der Waals surface area contributed by atoms with E-state index in [1.54, 1.807) is 43.5 Å². The third kappa shape index (κ3) is 8.28. The van der Waals surface area contributed by atoms with E-state index in [0.717, 1.165) is 34.5 Å². The van der Waals surface area contributed by atoms with E-state index < -0.39 is 28.5 Å². The van der Waals surface area contributed by atoms with E-state index in [2.05, 4.69) is 5.32 Å². The van der Waals surface area contributed by atoms with Gasteiger partial charge in [-0.3, -0.25) is 13.9 Å². The lowest BCUT2D eigenvalue weighted by Gasteiger charge is -2.33. The van der Waals surface area contributed by atoms with Crippen LogP contribution in [-0.2, 0) is 26.2 Å². The maximum absolute atomic E-state index is 13.6. The molecule has 0 aromatic heterocycles. The minimum atomic E-state index is -3.74. The molecule has 192 valence electrons. The van der Waals surface area contributed by atoms with Gasteiger partial charge in [0.15, 0.2) is 0 Å². The second-order valence-corrected chi connectivity index (χ2v) is 10.5. The average molecular weight is 504 g/mol. The minimum absolute atomic E-state index is 0.161. The van der Waals surface area contributed by atoms with Crippen molar-refractivity contribution in [2.45, 2.75) is 52.6 Å². The van der Waals surface area contributed by atoms with Gasteiger partial charge >= 0.3 is 0 Å². The molecule has 0 aliphatic rings. The molecule has 0 radical (unpaired) electrons. The molecule has 2 amide bonds. The fourth-order valence-electron chi connectivity index (χ4n) is 3.68. The molecule has 2 aromatic carbocycles. The smallest absolute Gasteiger partial charge is 0.244 e. The van der Waals surface area contributed by atoms with Crippen LogP contribution < -0.4 is 14.4 Å². The van der Waals surface area contributed by atoms with Crippen molar-refractivity contribution >= 4 is 27.5 Å². The van der Waals surface area contributed by atoms with Gasteiger partial charge in [-0.1, -0.05) is 50.1 Å². The van der Waals surface area contributed by atoms with E-state index in [9.17, 15) is 18.0 Å². The molecule has 2 aromatic rings. The number of sulfonamides is 1. The number of hydrogen-bond acceptors (Lipinski definition) is 5. The fraction of sp³-hybridized carbons (Fsp3) is 0.462. The highest BCUT2D eigenvalue weighted by Gasteiger charge is 2.31. The Morgan fingerprint density at radius 2 is 1.66 bits per heavy atom. The maximum Gasteiger partial charge on any atom is 0.244 e. The lowest BCUT2D eigenvalue weighted by Crippen LogP contribution is -2.52. The number of unbranched alkanes of at least 4 members (excludes halogenated alkanes) is 1. The number of anilines is 1. The van der Waals surface area contributed by atoms with Crippen LogP contribution in [0.2, 0.25) is 0 Å². The number of hydrogen-bond donors (Lipinski definition) is 1. The van der Waals surface area contributed by atoms with E-state index in [-0.39, 0.29) is 12.5 Å². The summed E-state index contributed by atoms with van der Waals surface area (Å²) in [4.78, 5) is 28.1. The molecule has 0 aliphatic heterocycles. The van der Waals surface area contributed by atoms with E-state index >= 15 is 0 Å². The van der Waals surface area contributed by atoms with Crippen molar-refractivity contribution in [2.24, 2.45) is 0 Å². The Balaban J connectivity index is 2.38. The maximum atomic E-state index is 13.6. The molecule has 1 N–H and O–H groups in total. The quantitative estimate of drug-likeness (QED) is 0.422. The van der Waals surface area contributed by atoms with Gasteiger partial charge in [0.25, 0.3) is 0 Å². The molecular weight excluding hydrogens is 466 g/mol. The van der Waals surface area contributed by atoms with Crippen LogP contribution in [0.4, 0.5) is 5.69 Å². The van der Waals surface area contributed by atoms with E-state index in [0.29, 0.717) is 24.4 Å². The Hall–Kier alpha value is -3.07. The number of carbonyl (C=O) groups excluding carboxylic acids is 2. The Labute approximate surface area is 209 Å². The zero-order valence-corrected chi connectivity index (χ0v) is 22.1. The highest BCUT2D eigenvalue weighted by atomic mass is 32.2. The van der Waals surface area contributed by atoms with E-state index in [1.165, 1.54) is 4.90 Å². The number of rotatable bonds is 13. The number of amides is 2. The lowest BCUT2D eigenvalue weighted by molar-refractivity contribution is -0.140.